The molecule has 52 heavy (non-hydrogen) atoms. The Labute approximate surface area is 315 Å². The van der Waals surface area contributed by atoms with Crippen molar-refractivity contribution in [2.45, 2.75) is 117 Å². The van der Waals surface area contributed by atoms with Crippen LogP contribution in [0.25, 0.3) is 24.3 Å². The number of hydrogen-bond acceptors (Lipinski definition) is 6. The average molecular weight is 715 g/mol. The van der Waals surface area contributed by atoms with Crippen molar-refractivity contribution in [3.05, 3.63) is 70.8 Å². The van der Waals surface area contributed by atoms with Gasteiger partial charge >= 0.3 is 0 Å². The summed E-state index contributed by atoms with van der Waals surface area (Å²) in [5.74, 6) is 4.71. The van der Waals surface area contributed by atoms with Gasteiger partial charge in [0.25, 0.3) is 0 Å². The minimum atomic E-state index is 0.639. The maximum Gasteiger partial charge on any atom is 0.133 e. The zero-order chi connectivity index (χ0) is 37.2. The van der Waals surface area contributed by atoms with Crippen LogP contribution in [0.15, 0.2) is 48.5 Å². The fourth-order valence-electron chi connectivity index (χ4n) is 6.28. The predicted octanol–water partition coefficient (Wildman–Crippen LogP) is 13.1. The normalized spacial score (nSPS) is 11.3. The van der Waals surface area contributed by atoms with Gasteiger partial charge in [-0.2, -0.15) is 0 Å². The molecule has 0 spiro atoms. The Kier molecular flexibility index (Phi) is 21.0. The lowest BCUT2D eigenvalue weighted by Gasteiger charge is -2.16. The molecule has 0 bridgehead atoms. The van der Waals surface area contributed by atoms with Gasteiger partial charge < -0.3 is 28.4 Å². The Hall–Kier alpha value is -4.06. The summed E-state index contributed by atoms with van der Waals surface area (Å²) in [4.78, 5) is 0. The van der Waals surface area contributed by atoms with E-state index < -0.39 is 0 Å². The summed E-state index contributed by atoms with van der Waals surface area (Å²) in [5, 5.41) is 0. The molecule has 0 saturated heterocycles. The molecule has 3 aromatic rings. The molecule has 0 unspecified atom stereocenters. The average Bonchev–Trinajstić information content (AvgIpc) is 3.18. The van der Waals surface area contributed by atoms with Gasteiger partial charge in [0, 0.05) is 22.3 Å². The predicted molar refractivity (Wildman–Crippen MR) is 220 cm³/mol. The highest BCUT2D eigenvalue weighted by atomic mass is 16.5. The lowest BCUT2D eigenvalue weighted by Crippen LogP contribution is -2.03. The molecule has 0 aliphatic heterocycles. The van der Waals surface area contributed by atoms with Crippen LogP contribution in [0.1, 0.15) is 139 Å². The van der Waals surface area contributed by atoms with E-state index >= 15 is 0 Å². The molecule has 0 aliphatic rings. The highest BCUT2D eigenvalue weighted by Gasteiger charge is 2.13. The van der Waals surface area contributed by atoms with Gasteiger partial charge in [0.2, 0.25) is 0 Å². The van der Waals surface area contributed by atoms with Crippen molar-refractivity contribution in [2.75, 3.05) is 41.7 Å². The third-order valence-electron chi connectivity index (χ3n) is 9.39. The van der Waals surface area contributed by atoms with Gasteiger partial charge in [-0.15, -0.1) is 0 Å². The summed E-state index contributed by atoms with van der Waals surface area (Å²) in [5.41, 5.74) is 3.71. The van der Waals surface area contributed by atoms with Gasteiger partial charge in [0.15, 0.2) is 0 Å². The molecule has 0 saturated carbocycles. The third-order valence-corrected chi connectivity index (χ3v) is 9.39. The lowest BCUT2D eigenvalue weighted by atomic mass is 10.0. The van der Waals surface area contributed by atoms with E-state index in [2.05, 4.69) is 50.3 Å². The number of ether oxygens (including phenoxy) is 6. The molecule has 286 valence electrons. The van der Waals surface area contributed by atoms with E-state index in [1.807, 2.05) is 36.4 Å². The maximum absolute atomic E-state index is 6.68. The number of hydrogen-bond donors (Lipinski definition) is 0. The second-order valence-electron chi connectivity index (χ2n) is 13.5. The first-order valence-electron chi connectivity index (χ1n) is 19.8. The van der Waals surface area contributed by atoms with Crippen molar-refractivity contribution < 1.29 is 28.4 Å². The van der Waals surface area contributed by atoms with E-state index in [9.17, 15) is 0 Å². The highest BCUT2D eigenvalue weighted by Crippen LogP contribution is 2.35. The monoisotopic (exact) mass is 714 g/mol. The molecule has 6 heteroatoms. The van der Waals surface area contributed by atoms with Crippen molar-refractivity contribution in [3.63, 3.8) is 0 Å². The minimum Gasteiger partial charge on any atom is -0.497 e. The maximum atomic E-state index is 6.68. The summed E-state index contributed by atoms with van der Waals surface area (Å²) in [7, 11) is 6.73. The molecule has 0 atom stereocenters. The summed E-state index contributed by atoms with van der Waals surface area (Å²) in [6.07, 6.45) is 28.3. The zero-order valence-electron chi connectivity index (χ0n) is 33.1. The smallest absolute Gasteiger partial charge is 0.133 e. The van der Waals surface area contributed by atoms with Crippen molar-refractivity contribution in [2.24, 2.45) is 0 Å². The van der Waals surface area contributed by atoms with Crippen LogP contribution in [0, 0.1) is 0 Å². The largest absolute Gasteiger partial charge is 0.497 e. The van der Waals surface area contributed by atoms with E-state index in [0.717, 1.165) is 76.0 Å². The van der Waals surface area contributed by atoms with Crippen LogP contribution in [-0.2, 0) is 0 Å². The topological polar surface area (TPSA) is 55.4 Å². The number of unbranched alkanes of at least 4 members (excludes halogenated alkanes) is 14. The minimum absolute atomic E-state index is 0.639. The van der Waals surface area contributed by atoms with Crippen molar-refractivity contribution in [3.8, 4) is 34.5 Å². The van der Waals surface area contributed by atoms with Crippen LogP contribution >= 0.6 is 0 Å². The standard InChI is InChI=1S/C46H66O6/c1-7-9-11-13-15-17-19-21-31-51-43-35-39(25-23-37-33-41(47-3)27-29-44(37)49-5)46(52-32-22-20-18-16-14-12-10-8-2)40(36-43)26-24-38-34-42(48-4)28-30-45(38)50-6/h23-30,33-36H,7-22,31-32H2,1-6H3/b25-23+,26-24+. The summed E-state index contributed by atoms with van der Waals surface area (Å²) in [6.45, 7) is 5.84. The lowest BCUT2D eigenvalue weighted by molar-refractivity contribution is 0.295. The number of rotatable bonds is 28. The van der Waals surface area contributed by atoms with Crippen molar-refractivity contribution in [1.29, 1.82) is 0 Å². The van der Waals surface area contributed by atoms with E-state index in [1.165, 1.54) is 83.5 Å². The second kappa shape index (κ2) is 25.8. The van der Waals surface area contributed by atoms with Gasteiger partial charge in [-0.1, -0.05) is 128 Å². The van der Waals surface area contributed by atoms with Crippen LogP contribution in [0.5, 0.6) is 34.5 Å². The van der Waals surface area contributed by atoms with Crippen LogP contribution in [0.2, 0.25) is 0 Å². The fourth-order valence-corrected chi connectivity index (χ4v) is 6.28. The van der Waals surface area contributed by atoms with E-state index in [0.29, 0.717) is 13.2 Å². The van der Waals surface area contributed by atoms with Crippen molar-refractivity contribution >= 4 is 24.3 Å². The van der Waals surface area contributed by atoms with Crippen molar-refractivity contribution in [1.82, 2.24) is 0 Å². The Balaban J connectivity index is 1.93. The molecule has 0 amide bonds. The Morgan fingerprint density at radius 3 is 1.15 bits per heavy atom. The van der Waals surface area contributed by atoms with Crippen LogP contribution in [0.3, 0.4) is 0 Å². The van der Waals surface area contributed by atoms with Gasteiger partial charge in [-0.05, 0) is 61.4 Å². The second-order valence-corrected chi connectivity index (χ2v) is 13.5. The van der Waals surface area contributed by atoms with Gasteiger partial charge in [-0.3, -0.25) is 0 Å². The molecule has 0 fully saturated rings. The van der Waals surface area contributed by atoms with Gasteiger partial charge in [0.05, 0.1) is 41.7 Å². The fraction of sp³-hybridized carbons (Fsp3) is 0.522. The molecule has 0 heterocycles. The first-order chi connectivity index (χ1) is 25.6. The van der Waals surface area contributed by atoms with E-state index in [-0.39, 0.29) is 0 Å². The molecule has 6 nitrogen and oxygen atoms in total. The van der Waals surface area contributed by atoms with Crippen LogP contribution in [0.4, 0.5) is 0 Å². The Morgan fingerprint density at radius 2 is 0.750 bits per heavy atom. The molecule has 0 N–H and O–H groups in total. The quantitative estimate of drug-likeness (QED) is 0.0551. The Morgan fingerprint density at radius 1 is 0.385 bits per heavy atom. The molecule has 3 aromatic carbocycles. The molecule has 3 rings (SSSR count). The van der Waals surface area contributed by atoms with Gasteiger partial charge in [-0.25, -0.2) is 0 Å². The molecule has 0 radical (unpaired) electrons. The zero-order valence-corrected chi connectivity index (χ0v) is 33.1. The summed E-state index contributed by atoms with van der Waals surface area (Å²) < 4.78 is 35.5. The number of methoxy groups -OCH3 is 4. The first kappa shape index (κ1) is 42.4. The number of benzene rings is 3. The first-order valence-corrected chi connectivity index (χ1v) is 19.8. The van der Waals surface area contributed by atoms with E-state index in [4.69, 9.17) is 28.4 Å². The third kappa shape index (κ3) is 15.3. The van der Waals surface area contributed by atoms with Crippen LogP contribution in [-0.4, -0.2) is 41.7 Å². The van der Waals surface area contributed by atoms with Gasteiger partial charge in [0.1, 0.15) is 34.5 Å². The molecular weight excluding hydrogens is 649 g/mol. The SMILES string of the molecule is CCCCCCCCCCOc1cc(/C=C/c2cc(OC)ccc2OC)c(OCCCCCCCCCC)c(/C=C/c2cc(OC)ccc2OC)c1. The molecular formula is C46H66O6. The summed E-state index contributed by atoms with van der Waals surface area (Å²) >= 11 is 0. The van der Waals surface area contributed by atoms with Crippen LogP contribution < -0.4 is 28.4 Å². The van der Waals surface area contributed by atoms with E-state index in [1.54, 1.807) is 28.4 Å². The highest BCUT2D eigenvalue weighted by molar-refractivity contribution is 5.82. The molecule has 0 aliphatic carbocycles. The summed E-state index contributed by atoms with van der Waals surface area (Å²) in [6, 6.07) is 15.8. The Bertz CT molecular complexity index is 1390. The molecule has 0 aromatic heterocycles.